The van der Waals surface area contributed by atoms with Crippen molar-refractivity contribution < 1.29 is 9.53 Å². The lowest BCUT2D eigenvalue weighted by atomic mass is 10.2. The lowest BCUT2D eigenvalue weighted by molar-refractivity contribution is -0.116. The highest BCUT2D eigenvalue weighted by atomic mass is 35.5. The molecule has 0 aliphatic carbocycles. The summed E-state index contributed by atoms with van der Waals surface area (Å²) in [7, 11) is 1.54. The molecule has 1 amide bonds. The molecule has 0 unspecified atom stereocenters. The fourth-order valence-corrected chi connectivity index (χ4v) is 2.49. The molecule has 0 aliphatic rings. The zero-order valence-electron chi connectivity index (χ0n) is 13.1. The fourth-order valence-electron chi connectivity index (χ4n) is 2.32. The monoisotopic (exact) mass is 344 g/mol. The molecule has 0 atom stereocenters. The van der Waals surface area contributed by atoms with E-state index in [0.29, 0.717) is 29.0 Å². The number of methoxy groups -OCH3 is 1. The maximum absolute atomic E-state index is 12.1. The Hall–Kier alpha value is -2.73. The molecule has 3 rings (SSSR count). The summed E-state index contributed by atoms with van der Waals surface area (Å²) < 4.78 is 5.20. The van der Waals surface area contributed by atoms with Crippen molar-refractivity contribution in [2.45, 2.75) is 6.42 Å². The molecular weight excluding hydrogens is 328 g/mol. The molecule has 0 bridgehead atoms. The molecule has 1 heterocycles. The largest absolute Gasteiger partial charge is 0.495 e. The number of imidazole rings is 1. The van der Waals surface area contributed by atoms with E-state index in [-0.39, 0.29) is 12.3 Å². The smallest absolute Gasteiger partial charge is 0.226 e. The topological polar surface area (TPSA) is 79.0 Å². The predicted octanol–water partition coefficient (Wildman–Crippen LogP) is 3.67. The average Bonchev–Trinajstić information content (AvgIpc) is 2.97. The Morgan fingerprint density at radius 3 is 2.92 bits per heavy atom. The van der Waals surface area contributed by atoms with Gasteiger partial charge in [0.25, 0.3) is 0 Å². The first kappa shape index (κ1) is 16.1. The second kappa shape index (κ2) is 7.23. The highest BCUT2D eigenvalue weighted by Gasteiger charge is 2.09. The molecule has 6 nitrogen and oxygen atoms in total. The molecule has 1 aromatic heterocycles. The number of halogens is 1. The van der Waals surface area contributed by atoms with Crippen LogP contribution in [0.3, 0.4) is 0 Å². The van der Waals surface area contributed by atoms with Gasteiger partial charge in [0.15, 0.2) is 0 Å². The number of hydrogen-bond acceptors (Lipinski definition) is 4. The van der Waals surface area contributed by atoms with E-state index < -0.39 is 0 Å². The Bertz CT molecular complexity index is 830. The number of amides is 1. The molecular formula is C17H17ClN4O2. The van der Waals surface area contributed by atoms with Gasteiger partial charge in [-0.2, -0.15) is 0 Å². The summed E-state index contributed by atoms with van der Waals surface area (Å²) in [5.41, 5.74) is 2.39. The number of rotatable bonds is 6. The van der Waals surface area contributed by atoms with Gasteiger partial charge in [0.2, 0.25) is 11.9 Å². The minimum atomic E-state index is -0.140. The van der Waals surface area contributed by atoms with Gasteiger partial charge in [-0.15, -0.1) is 0 Å². The quantitative estimate of drug-likeness (QED) is 0.637. The van der Waals surface area contributed by atoms with Crippen molar-refractivity contribution in [2.75, 3.05) is 24.3 Å². The third-order valence-electron chi connectivity index (χ3n) is 3.47. The number of hydrogen-bond donors (Lipinski definition) is 3. The van der Waals surface area contributed by atoms with Gasteiger partial charge in [-0.05, 0) is 30.3 Å². The van der Waals surface area contributed by atoms with Crippen molar-refractivity contribution in [1.29, 1.82) is 0 Å². The van der Waals surface area contributed by atoms with Crippen molar-refractivity contribution in [3.05, 3.63) is 47.5 Å². The van der Waals surface area contributed by atoms with Gasteiger partial charge < -0.3 is 20.4 Å². The predicted molar refractivity (Wildman–Crippen MR) is 95.8 cm³/mol. The summed E-state index contributed by atoms with van der Waals surface area (Å²) in [6, 6.07) is 12.8. The Labute approximate surface area is 144 Å². The van der Waals surface area contributed by atoms with E-state index in [9.17, 15) is 4.79 Å². The highest BCUT2D eigenvalue weighted by molar-refractivity contribution is 6.31. The van der Waals surface area contributed by atoms with Crippen molar-refractivity contribution in [3.8, 4) is 5.75 Å². The molecule has 0 saturated carbocycles. The number of fused-ring (bicyclic) bond motifs is 1. The minimum Gasteiger partial charge on any atom is -0.495 e. The number of carbonyl (C=O) groups is 1. The van der Waals surface area contributed by atoms with Crippen LogP contribution in [0.1, 0.15) is 6.42 Å². The van der Waals surface area contributed by atoms with Gasteiger partial charge in [-0.1, -0.05) is 23.7 Å². The third-order valence-corrected chi connectivity index (χ3v) is 3.70. The van der Waals surface area contributed by atoms with Crippen LogP contribution in [0.25, 0.3) is 11.0 Å². The lowest BCUT2D eigenvalue weighted by Gasteiger charge is -2.10. The van der Waals surface area contributed by atoms with E-state index in [1.165, 1.54) is 0 Å². The van der Waals surface area contributed by atoms with Crippen molar-refractivity contribution in [3.63, 3.8) is 0 Å². The molecule has 0 fully saturated rings. The summed E-state index contributed by atoms with van der Waals surface area (Å²) in [6.45, 7) is 0.453. The van der Waals surface area contributed by atoms with Crippen molar-refractivity contribution in [1.82, 2.24) is 9.97 Å². The van der Waals surface area contributed by atoms with E-state index in [1.807, 2.05) is 24.3 Å². The lowest BCUT2D eigenvalue weighted by Crippen LogP contribution is -2.17. The maximum Gasteiger partial charge on any atom is 0.226 e. The van der Waals surface area contributed by atoms with Gasteiger partial charge in [0.05, 0.1) is 23.8 Å². The van der Waals surface area contributed by atoms with Crippen LogP contribution in [0.2, 0.25) is 5.02 Å². The number of anilines is 2. The molecule has 3 N–H and O–H groups in total. The molecule has 3 aromatic rings. The van der Waals surface area contributed by atoms with E-state index in [4.69, 9.17) is 16.3 Å². The van der Waals surface area contributed by atoms with Crippen LogP contribution < -0.4 is 15.4 Å². The molecule has 124 valence electrons. The van der Waals surface area contributed by atoms with Crippen molar-refractivity contribution in [2.24, 2.45) is 0 Å². The Morgan fingerprint density at radius 1 is 1.29 bits per heavy atom. The number of carbonyl (C=O) groups excluding carboxylic acids is 1. The van der Waals surface area contributed by atoms with Gasteiger partial charge in [0, 0.05) is 18.0 Å². The molecule has 24 heavy (non-hydrogen) atoms. The fraction of sp³-hybridized carbons (Fsp3) is 0.176. The zero-order valence-corrected chi connectivity index (χ0v) is 13.9. The van der Waals surface area contributed by atoms with E-state index in [2.05, 4.69) is 20.6 Å². The number of aromatic amines is 1. The van der Waals surface area contributed by atoms with Crippen LogP contribution >= 0.6 is 11.6 Å². The van der Waals surface area contributed by atoms with Crippen LogP contribution in [0, 0.1) is 0 Å². The Kier molecular flexibility index (Phi) is 4.86. The van der Waals surface area contributed by atoms with Crippen LogP contribution in [-0.4, -0.2) is 29.5 Å². The number of aromatic nitrogens is 2. The molecule has 7 heteroatoms. The summed E-state index contributed by atoms with van der Waals surface area (Å²) >= 11 is 5.95. The normalized spacial score (nSPS) is 10.6. The Balaban J connectivity index is 1.55. The number of para-hydroxylation sites is 2. The number of ether oxygens (including phenoxy) is 1. The second-order valence-corrected chi connectivity index (χ2v) is 5.61. The SMILES string of the molecule is COc1ccc(Cl)cc1NC(=O)CCNc1nc2ccccc2[nH]1. The number of nitrogens with one attached hydrogen (secondary N) is 3. The van der Waals surface area contributed by atoms with Gasteiger partial charge >= 0.3 is 0 Å². The third kappa shape index (κ3) is 3.78. The van der Waals surface area contributed by atoms with Gasteiger partial charge in [0.1, 0.15) is 5.75 Å². The zero-order chi connectivity index (χ0) is 16.9. The molecule has 0 spiro atoms. The standard InChI is InChI=1S/C17H17ClN4O2/c1-24-15-7-6-11(18)10-14(15)20-16(23)8-9-19-17-21-12-4-2-3-5-13(12)22-17/h2-7,10H,8-9H2,1H3,(H,20,23)(H2,19,21,22). The maximum atomic E-state index is 12.1. The first-order valence-corrected chi connectivity index (χ1v) is 7.85. The summed E-state index contributed by atoms with van der Waals surface area (Å²) in [5, 5.41) is 6.44. The highest BCUT2D eigenvalue weighted by Crippen LogP contribution is 2.27. The van der Waals surface area contributed by atoms with E-state index in [0.717, 1.165) is 11.0 Å². The van der Waals surface area contributed by atoms with Crippen LogP contribution in [-0.2, 0) is 4.79 Å². The Morgan fingerprint density at radius 2 is 2.12 bits per heavy atom. The van der Waals surface area contributed by atoms with Crippen molar-refractivity contribution >= 4 is 40.2 Å². The van der Waals surface area contributed by atoms with Crippen LogP contribution in [0.15, 0.2) is 42.5 Å². The molecule has 0 aliphatic heterocycles. The number of H-pyrrole nitrogens is 1. The number of nitrogens with zero attached hydrogens (tertiary/aromatic N) is 1. The first-order valence-electron chi connectivity index (χ1n) is 7.48. The number of benzene rings is 2. The molecule has 0 saturated heterocycles. The van der Waals surface area contributed by atoms with E-state index in [1.54, 1.807) is 25.3 Å². The average molecular weight is 345 g/mol. The summed E-state index contributed by atoms with van der Waals surface area (Å²) in [5.74, 6) is 1.07. The summed E-state index contributed by atoms with van der Waals surface area (Å²) in [4.78, 5) is 19.6. The minimum absolute atomic E-state index is 0.140. The summed E-state index contributed by atoms with van der Waals surface area (Å²) in [6.07, 6.45) is 0.284. The van der Waals surface area contributed by atoms with Crippen LogP contribution in [0.4, 0.5) is 11.6 Å². The first-order chi connectivity index (χ1) is 11.7. The second-order valence-electron chi connectivity index (χ2n) is 5.17. The molecule has 2 aromatic carbocycles. The van der Waals surface area contributed by atoms with Gasteiger partial charge in [-0.25, -0.2) is 4.98 Å². The van der Waals surface area contributed by atoms with E-state index >= 15 is 0 Å². The van der Waals surface area contributed by atoms with Crippen LogP contribution in [0.5, 0.6) is 5.75 Å². The molecule has 0 radical (unpaired) electrons. The van der Waals surface area contributed by atoms with Gasteiger partial charge in [-0.3, -0.25) is 4.79 Å².